The van der Waals surface area contributed by atoms with Gasteiger partial charge in [0.25, 0.3) is 0 Å². The molecule has 2 atom stereocenters. The molecule has 0 saturated carbocycles. The average Bonchev–Trinajstić information content (AvgIpc) is 3.14. The molecule has 0 unspecified atom stereocenters. The summed E-state index contributed by atoms with van der Waals surface area (Å²) < 4.78 is 34.1. The van der Waals surface area contributed by atoms with E-state index in [9.17, 15) is 8.78 Å². The number of para-hydroxylation sites is 1. The maximum absolute atomic E-state index is 14.7. The zero-order chi connectivity index (χ0) is 19.3. The Morgan fingerprint density at radius 2 is 1.75 bits per heavy atom. The van der Waals surface area contributed by atoms with E-state index in [1.165, 1.54) is 18.2 Å². The van der Waals surface area contributed by atoms with Crippen molar-refractivity contribution >= 4 is 17.3 Å². The Morgan fingerprint density at radius 1 is 0.964 bits per heavy atom. The summed E-state index contributed by atoms with van der Waals surface area (Å²) in [5.41, 5.74) is 2.86. The molecule has 2 aliphatic heterocycles. The molecule has 0 amide bonds. The van der Waals surface area contributed by atoms with Crippen molar-refractivity contribution in [1.82, 2.24) is 5.01 Å². The van der Waals surface area contributed by atoms with Gasteiger partial charge in [0, 0.05) is 12.0 Å². The summed E-state index contributed by atoms with van der Waals surface area (Å²) in [6.07, 6.45) is -0.180. The van der Waals surface area contributed by atoms with Crippen molar-refractivity contribution in [3.63, 3.8) is 0 Å². The number of rotatable bonds is 2. The van der Waals surface area contributed by atoms with E-state index < -0.39 is 12.0 Å². The van der Waals surface area contributed by atoms with Crippen LogP contribution < -0.4 is 4.74 Å². The third-order valence-electron chi connectivity index (χ3n) is 5.12. The van der Waals surface area contributed by atoms with Crippen LogP contribution in [0.25, 0.3) is 0 Å². The number of halogens is 3. The lowest BCUT2D eigenvalue weighted by molar-refractivity contribution is -0.0211. The Kier molecular flexibility index (Phi) is 4.05. The molecule has 0 aromatic heterocycles. The van der Waals surface area contributed by atoms with Crippen LogP contribution >= 0.6 is 11.6 Å². The highest BCUT2D eigenvalue weighted by atomic mass is 35.5. The van der Waals surface area contributed by atoms with Gasteiger partial charge < -0.3 is 4.74 Å². The average molecular weight is 397 g/mol. The predicted octanol–water partition coefficient (Wildman–Crippen LogP) is 5.86. The monoisotopic (exact) mass is 396 g/mol. The van der Waals surface area contributed by atoms with E-state index in [2.05, 4.69) is 0 Å². The van der Waals surface area contributed by atoms with Gasteiger partial charge in [-0.3, -0.25) is 0 Å². The number of ether oxygens (including phenoxy) is 1. The number of hydrogen-bond acceptors (Lipinski definition) is 3. The fourth-order valence-electron chi connectivity index (χ4n) is 3.79. The number of fused-ring (bicyclic) bond motifs is 3. The normalized spacial score (nSPS) is 20.2. The molecule has 0 spiro atoms. The first-order chi connectivity index (χ1) is 13.6. The maximum Gasteiger partial charge on any atom is 0.218 e. The van der Waals surface area contributed by atoms with Crippen LogP contribution in [0, 0.1) is 11.6 Å². The molecule has 28 heavy (non-hydrogen) atoms. The van der Waals surface area contributed by atoms with Gasteiger partial charge in [-0.05, 0) is 35.9 Å². The number of hydrazone groups is 1. The van der Waals surface area contributed by atoms with E-state index in [4.69, 9.17) is 21.4 Å². The van der Waals surface area contributed by atoms with E-state index in [0.29, 0.717) is 12.2 Å². The van der Waals surface area contributed by atoms with Gasteiger partial charge in [0.1, 0.15) is 17.4 Å². The topological polar surface area (TPSA) is 24.8 Å². The smallest absolute Gasteiger partial charge is 0.218 e. The first kappa shape index (κ1) is 17.2. The molecule has 3 aromatic rings. The molecule has 6 heteroatoms. The van der Waals surface area contributed by atoms with Gasteiger partial charge in [0.2, 0.25) is 6.23 Å². The summed E-state index contributed by atoms with van der Waals surface area (Å²) in [6.45, 7) is 0. The van der Waals surface area contributed by atoms with Crippen LogP contribution in [0.3, 0.4) is 0 Å². The second-order valence-electron chi connectivity index (χ2n) is 6.80. The third kappa shape index (κ3) is 2.74. The Morgan fingerprint density at radius 3 is 2.54 bits per heavy atom. The van der Waals surface area contributed by atoms with E-state index in [-0.39, 0.29) is 22.4 Å². The molecule has 0 radical (unpaired) electrons. The molecule has 0 saturated heterocycles. The van der Waals surface area contributed by atoms with Gasteiger partial charge in [0.15, 0.2) is 0 Å². The molecule has 0 aliphatic carbocycles. The molecule has 140 valence electrons. The Bertz CT molecular complexity index is 1060. The van der Waals surface area contributed by atoms with Crippen LogP contribution in [0.5, 0.6) is 5.75 Å². The van der Waals surface area contributed by atoms with Crippen molar-refractivity contribution in [2.75, 3.05) is 0 Å². The van der Waals surface area contributed by atoms with Crippen molar-refractivity contribution in [2.45, 2.75) is 18.7 Å². The fraction of sp³-hybridized carbons (Fsp3) is 0.136. The summed E-state index contributed by atoms with van der Waals surface area (Å²) in [4.78, 5) is 0. The zero-order valence-electron chi connectivity index (χ0n) is 14.6. The predicted molar refractivity (Wildman–Crippen MR) is 103 cm³/mol. The highest BCUT2D eigenvalue weighted by Gasteiger charge is 2.42. The molecule has 2 aliphatic rings. The van der Waals surface area contributed by atoms with Crippen LogP contribution in [0.4, 0.5) is 8.78 Å². The SMILES string of the molecule is Fc1ccc(C2=NN3[C@@H](C2)c2ccccc2O[C@H]3c2c(F)cccc2Cl)cc1. The highest BCUT2D eigenvalue weighted by Crippen LogP contribution is 2.48. The fourth-order valence-corrected chi connectivity index (χ4v) is 4.04. The molecular weight excluding hydrogens is 382 g/mol. The molecular formula is C22H15ClF2N2O. The van der Waals surface area contributed by atoms with Crippen molar-refractivity contribution < 1.29 is 13.5 Å². The van der Waals surface area contributed by atoms with E-state index in [1.54, 1.807) is 29.3 Å². The molecule has 0 fully saturated rings. The van der Waals surface area contributed by atoms with Crippen molar-refractivity contribution in [3.05, 3.63) is 100 Å². The molecule has 3 aromatic carbocycles. The van der Waals surface area contributed by atoms with Gasteiger partial charge in [0.05, 0.1) is 22.3 Å². The standard InChI is InChI=1S/C22H15ClF2N2O/c23-16-5-3-6-17(25)21(16)22-27-19(15-4-1-2-7-20(15)28-22)12-18(26-27)13-8-10-14(24)11-9-13/h1-11,19,22H,12H2/t19-,22-/m0/s1. The van der Waals surface area contributed by atoms with Gasteiger partial charge in [-0.1, -0.05) is 48.0 Å². The zero-order valence-corrected chi connectivity index (χ0v) is 15.4. The van der Waals surface area contributed by atoms with Crippen molar-refractivity contribution in [3.8, 4) is 5.75 Å². The third-order valence-corrected chi connectivity index (χ3v) is 5.45. The van der Waals surface area contributed by atoms with E-state index in [1.807, 2.05) is 24.3 Å². The van der Waals surface area contributed by atoms with Crippen LogP contribution in [0.2, 0.25) is 5.02 Å². The van der Waals surface area contributed by atoms with Crippen molar-refractivity contribution in [2.24, 2.45) is 5.10 Å². The lowest BCUT2D eigenvalue weighted by Crippen LogP contribution is -2.34. The minimum absolute atomic E-state index is 0.120. The number of benzene rings is 3. The largest absolute Gasteiger partial charge is 0.464 e. The lowest BCUT2D eigenvalue weighted by Gasteiger charge is -2.38. The van der Waals surface area contributed by atoms with Crippen LogP contribution in [0.1, 0.15) is 35.4 Å². The highest BCUT2D eigenvalue weighted by molar-refractivity contribution is 6.31. The van der Waals surface area contributed by atoms with Crippen LogP contribution in [-0.4, -0.2) is 10.7 Å². The second-order valence-corrected chi connectivity index (χ2v) is 7.20. The van der Waals surface area contributed by atoms with Crippen LogP contribution in [0.15, 0.2) is 71.8 Å². The van der Waals surface area contributed by atoms with Gasteiger partial charge in [-0.2, -0.15) is 5.10 Å². The quantitative estimate of drug-likeness (QED) is 0.542. The summed E-state index contributed by atoms with van der Waals surface area (Å²) in [5.74, 6) is -0.0607. The minimum atomic E-state index is -0.786. The number of nitrogens with zero attached hydrogens (tertiary/aromatic N) is 2. The molecule has 2 heterocycles. The summed E-state index contributed by atoms with van der Waals surface area (Å²) >= 11 is 6.31. The molecule has 5 rings (SSSR count). The Labute approximate surface area is 165 Å². The molecule has 3 nitrogen and oxygen atoms in total. The Hall–Kier alpha value is -2.92. The maximum atomic E-state index is 14.7. The van der Waals surface area contributed by atoms with Crippen molar-refractivity contribution in [1.29, 1.82) is 0 Å². The summed E-state index contributed by atoms with van der Waals surface area (Å²) in [5, 5.41) is 6.77. The number of hydrogen-bond donors (Lipinski definition) is 0. The molecule has 0 bridgehead atoms. The van der Waals surface area contributed by atoms with Gasteiger partial charge in [-0.25, -0.2) is 13.8 Å². The van der Waals surface area contributed by atoms with Gasteiger partial charge >= 0.3 is 0 Å². The minimum Gasteiger partial charge on any atom is -0.464 e. The van der Waals surface area contributed by atoms with E-state index in [0.717, 1.165) is 16.8 Å². The second kappa shape index (κ2) is 6.60. The van der Waals surface area contributed by atoms with Crippen LogP contribution in [-0.2, 0) is 0 Å². The lowest BCUT2D eigenvalue weighted by atomic mass is 9.96. The van der Waals surface area contributed by atoms with E-state index >= 15 is 0 Å². The van der Waals surface area contributed by atoms with Gasteiger partial charge in [-0.15, -0.1) is 0 Å². The first-order valence-electron chi connectivity index (χ1n) is 8.93. The first-order valence-corrected chi connectivity index (χ1v) is 9.31. The summed E-state index contributed by atoms with van der Waals surface area (Å²) in [6, 6.07) is 18.3. The Balaban J connectivity index is 1.63. The molecule has 0 N–H and O–H groups in total. The summed E-state index contributed by atoms with van der Waals surface area (Å²) in [7, 11) is 0.